The van der Waals surface area contributed by atoms with Gasteiger partial charge in [0.05, 0.1) is 24.0 Å². The number of alkyl carbamates (subject to hydrolysis) is 2. The van der Waals surface area contributed by atoms with Crippen molar-refractivity contribution in [1.29, 1.82) is 0 Å². The van der Waals surface area contributed by atoms with Crippen LogP contribution in [0, 0.1) is 11.8 Å². The number of benzene rings is 4. The Bertz CT molecular complexity index is 2590. The van der Waals surface area contributed by atoms with Gasteiger partial charge in [0.25, 0.3) is 11.8 Å². The number of aromatic amines is 2. The fraction of sp³-hybridized carbons (Fsp3) is 0.340. The molecule has 0 saturated carbocycles. The summed E-state index contributed by atoms with van der Waals surface area (Å²) in [5, 5.41) is 14.5. The Morgan fingerprint density at radius 1 is 0.603 bits per heavy atom. The molecule has 4 N–H and O–H groups in total. The molecule has 0 radical (unpaired) electrons. The van der Waals surface area contributed by atoms with E-state index in [1.165, 1.54) is 0 Å². The van der Waals surface area contributed by atoms with Gasteiger partial charge < -0.3 is 39.9 Å². The van der Waals surface area contributed by atoms with E-state index in [-0.39, 0.29) is 23.9 Å². The van der Waals surface area contributed by atoms with E-state index in [2.05, 4.69) is 42.6 Å². The van der Waals surface area contributed by atoms with Gasteiger partial charge in [0.15, 0.2) is 11.6 Å². The van der Waals surface area contributed by atoms with Crippen LogP contribution in [0.4, 0.5) is 9.59 Å². The molecule has 2 aliphatic heterocycles. The molecule has 4 atom stereocenters. The average Bonchev–Trinajstić information content (AvgIpc) is 4.16. The summed E-state index contributed by atoms with van der Waals surface area (Å²) in [6.45, 7) is 11.7. The number of nitrogens with zero attached hydrogens (tertiary/aromatic N) is 5. The van der Waals surface area contributed by atoms with E-state index in [1.54, 1.807) is 57.5 Å². The smallest absolute Gasteiger partial charge is 0.408 e. The maximum absolute atomic E-state index is 14.1. The van der Waals surface area contributed by atoms with Crippen molar-refractivity contribution in [2.45, 2.75) is 103 Å². The van der Waals surface area contributed by atoms with E-state index >= 15 is 0 Å². The highest BCUT2D eigenvalue weighted by Gasteiger charge is 2.39. The van der Waals surface area contributed by atoms with E-state index < -0.39 is 35.5 Å². The lowest BCUT2D eigenvalue weighted by atomic mass is 10.0. The third-order valence-corrected chi connectivity index (χ3v) is 11.6. The molecule has 2 saturated heterocycles. The van der Waals surface area contributed by atoms with Gasteiger partial charge in [0.1, 0.15) is 29.1 Å². The third-order valence-electron chi connectivity index (χ3n) is 11.6. The van der Waals surface area contributed by atoms with Gasteiger partial charge >= 0.3 is 12.2 Å². The maximum Gasteiger partial charge on any atom is 0.408 e. The van der Waals surface area contributed by atoms with Crippen LogP contribution in [0.1, 0.15) is 125 Å². The SMILES string of the molecule is CC(C)(C)OC(=O)N[C@@H](C(=O)N1CCC[C@H]1c1ncc(-c2ccc(C#Cc3ccc(-c4nnc([C@@H]5CCCN5C(=O)[C@H](NC(=O)OC(C)(C)C)c5ccccc5)[nH]4)cc3)cc2)[nH]1)c1ccccc1. The molecule has 4 aromatic carbocycles. The van der Waals surface area contributed by atoms with E-state index in [0.29, 0.717) is 48.1 Å². The Balaban J connectivity index is 0.898. The zero-order valence-corrected chi connectivity index (χ0v) is 39.2. The minimum Gasteiger partial charge on any atom is -0.444 e. The zero-order chi connectivity index (χ0) is 48.0. The highest BCUT2D eigenvalue weighted by molar-refractivity contribution is 5.88. The summed E-state index contributed by atoms with van der Waals surface area (Å²) in [6.07, 6.45) is 3.46. The van der Waals surface area contributed by atoms with Crippen molar-refractivity contribution < 1.29 is 28.7 Å². The number of aromatic nitrogens is 5. The number of hydrogen-bond donors (Lipinski definition) is 4. The van der Waals surface area contributed by atoms with Gasteiger partial charge in [-0.3, -0.25) is 9.59 Å². The Morgan fingerprint density at radius 2 is 1.06 bits per heavy atom. The second kappa shape index (κ2) is 20.0. The minimum absolute atomic E-state index is 0.224. The summed E-state index contributed by atoms with van der Waals surface area (Å²) in [5.74, 6) is 7.85. The van der Waals surface area contributed by atoms with Gasteiger partial charge in [-0.1, -0.05) is 84.6 Å². The molecular formula is C53H57N9O6. The van der Waals surface area contributed by atoms with Crippen molar-refractivity contribution in [2.75, 3.05) is 13.1 Å². The van der Waals surface area contributed by atoms with Crippen molar-refractivity contribution in [3.8, 4) is 34.5 Å². The lowest BCUT2D eigenvalue weighted by Gasteiger charge is -2.29. The molecule has 350 valence electrons. The topological polar surface area (TPSA) is 188 Å². The number of ether oxygens (including phenoxy) is 2. The summed E-state index contributed by atoms with van der Waals surface area (Å²) in [5.41, 5.74) is 4.10. The Hall–Kier alpha value is -7.73. The second-order valence-electron chi connectivity index (χ2n) is 19.0. The fourth-order valence-corrected chi connectivity index (χ4v) is 8.47. The van der Waals surface area contributed by atoms with Gasteiger partial charge in [-0.2, -0.15) is 0 Å². The number of rotatable bonds is 10. The normalized spacial score (nSPS) is 16.9. The van der Waals surface area contributed by atoms with Crippen LogP contribution in [-0.4, -0.2) is 83.2 Å². The summed E-state index contributed by atoms with van der Waals surface area (Å²) >= 11 is 0. The fourth-order valence-electron chi connectivity index (χ4n) is 8.47. The standard InChI is InChI=1S/C53H57N9O6/c1-52(2,3)67-50(65)56-43(37-15-9-7-10-16-37)48(63)61-31-13-19-41(61)46-54-33-40(55-46)36-27-23-34(24-28-36)21-22-35-25-29-39(30-26-35)45-58-47(60-59-45)42-20-14-32-62(42)49(64)44(38-17-11-8-12-18-38)57-51(66)68-53(4,5)6/h7-12,15-18,23-30,33,41-44H,13-14,19-20,31-32H2,1-6H3,(H,54,55)(H,56,65)(H,57,66)(H,58,59,60)/t41-,42-,43+,44+/m0/s1. The largest absolute Gasteiger partial charge is 0.444 e. The predicted molar refractivity (Wildman–Crippen MR) is 256 cm³/mol. The van der Waals surface area contributed by atoms with Gasteiger partial charge in [-0.25, -0.2) is 14.6 Å². The molecule has 4 amide bonds. The first-order valence-corrected chi connectivity index (χ1v) is 23.0. The van der Waals surface area contributed by atoms with Crippen LogP contribution in [0.3, 0.4) is 0 Å². The van der Waals surface area contributed by atoms with Crippen molar-refractivity contribution in [3.63, 3.8) is 0 Å². The lowest BCUT2D eigenvalue weighted by molar-refractivity contribution is -0.135. The molecule has 0 spiro atoms. The summed E-state index contributed by atoms with van der Waals surface area (Å²) < 4.78 is 11.0. The summed E-state index contributed by atoms with van der Waals surface area (Å²) in [6, 6.07) is 31.5. The number of carbonyl (C=O) groups is 4. The van der Waals surface area contributed by atoms with E-state index in [0.717, 1.165) is 47.2 Å². The molecule has 15 nitrogen and oxygen atoms in total. The quantitative estimate of drug-likeness (QED) is 0.0973. The Morgan fingerprint density at radius 3 is 1.53 bits per heavy atom. The molecule has 2 fully saturated rings. The molecule has 15 heteroatoms. The first-order chi connectivity index (χ1) is 32.6. The van der Waals surface area contributed by atoms with Crippen LogP contribution in [-0.2, 0) is 19.1 Å². The van der Waals surface area contributed by atoms with E-state index in [1.807, 2.05) is 109 Å². The summed E-state index contributed by atoms with van der Waals surface area (Å²) in [4.78, 5) is 69.0. The van der Waals surface area contributed by atoms with E-state index in [9.17, 15) is 19.2 Å². The molecular weight excluding hydrogens is 859 g/mol. The molecule has 4 heterocycles. The third kappa shape index (κ3) is 11.4. The predicted octanol–water partition coefficient (Wildman–Crippen LogP) is 9.12. The highest BCUT2D eigenvalue weighted by atomic mass is 16.6. The van der Waals surface area contributed by atoms with Crippen molar-refractivity contribution in [2.24, 2.45) is 0 Å². The van der Waals surface area contributed by atoms with Crippen LogP contribution in [0.5, 0.6) is 0 Å². The lowest BCUT2D eigenvalue weighted by Crippen LogP contribution is -2.44. The van der Waals surface area contributed by atoms with Crippen LogP contribution < -0.4 is 10.6 Å². The second-order valence-corrected chi connectivity index (χ2v) is 19.0. The maximum atomic E-state index is 14.1. The number of amides is 4. The van der Waals surface area contributed by atoms with Crippen LogP contribution in [0.15, 0.2) is 115 Å². The number of imidazole rings is 1. The molecule has 2 aromatic heterocycles. The molecule has 8 rings (SSSR count). The van der Waals surface area contributed by atoms with Gasteiger partial charge in [0, 0.05) is 29.8 Å². The number of nitrogens with one attached hydrogen (secondary N) is 4. The van der Waals surface area contributed by atoms with Crippen LogP contribution >= 0.6 is 0 Å². The number of carbonyl (C=O) groups excluding carboxylic acids is 4. The molecule has 2 aliphatic rings. The van der Waals surface area contributed by atoms with Crippen LogP contribution in [0.25, 0.3) is 22.6 Å². The first kappa shape index (κ1) is 46.8. The first-order valence-electron chi connectivity index (χ1n) is 23.0. The summed E-state index contributed by atoms with van der Waals surface area (Å²) in [7, 11) is 0. The van der Waals surface area contributed by atoms with Crippen molar-refractivity contribution in [3.05, 3.63) is 149 Å². The van der Waals surface area contributed by atoms with Gasteiger partial charge in [-0.15, -0.1) is 10.2 Å². The minimum atomic E-state index is -0.934. The molecule has 0 bridgehead atoms. The molecule has 6 aromatic rings. The average molecular weight is 916 g/mol. The Kier molecular flexibility index (Phi) is 13.8. The van der Waals surface area contributed by atoms with E-state index in [4.69, 9.17) is 14.5 Å². The molecule has 0 aliphatic carbocycles. The number of H-pyrrole nitrogens is 2. The van der Waals surface area contributed by atoms with Crippen molar-refractivity contribution >= 4 is 24.0 Å². The number of likely N-dealkylation sites (tertiary alicyclic amines) is 2. The van der Waals surface area contributed by atoms with Crippen LogP contribution in [0.2, 0.25) is 0 Å². The molecule has 68 heavy (non-hydrogen) atoms. The van der Waals surface area contributed by atoms with Gasteiger partial charge in [0.2, 0.25) is 0 Å². The highest BCUT2D eigenvalue weighted by Crippen LogP contribution is 2.36. The molecule has 0 unspecified atom stereocenters. The zero-order valence-electron chi connectivity index (χ0n) is 39.2. The Labute approximate surface area is 396 Å². The monoisotopic (exact) mass is 915 g/mol. The van der Waals surface area contributed by atoms with Gasteiger partial charge in [-0.05, 0) is 120 Å². The van der Waals surface area contributed by atoms with Crippen molar-refractivity contribution in [1.82, 2.24) is 45.6 Å². The number of hydrogen-bond acceptors (Lipinski definition) is 9.